The fourth-order valence-electron chi connectivity index (χ4n) is 3.94. The summed E-state index contributed by atoms with van der Waals surface area (Å²) in [6.45, 7) is 10.9. The van der Waals surface area contributed by atoms with E-state index in [1.165, 1.54) is 0 Å². The molecule has 0 bridgehead atoms. The second-order valence-corrected chi connectivity index (χ2v) is 8.68. The molecular formula is C21H30N2O2. The van der Waals surface area contributed by atoms with Crippen molar-refractivity contribution in [3.63, 3.8) is 0 Å². The van der Waals surface area contributed by atoms with Crippen LogP contribution < -0.4 is 4.90 Å². The van der Waals surface area contributed by atoms with Crippen molar-refractivity contribution in [3.8, 4) is 0 Å². The molecule has 2 aliphatic heterocycles. The minimum Gasteiger partial charge on any atom is -0.342 e. The van der Waals surface area contributed by atoms with E-state index in [4.69, 9.17) is 0 Å². The molecule has 4 nitrogen and oxygen atoms in total. The van der Waals surface area contributed by atoms with Gasteiger partial charge in [-0.15, -0.1) is 0 Å². The zero-order valence-corrected chi connectivity index (χ0v) is 15.9. The first-order valence-electron chi connectivity index (χ1n) is 9.46. The van der Waals surface area contributed by atoms with E-state index >= 15 is 0 Å². The van der Waals surface area contributed by atoms with Crippen LogP contribution in [0.25, 0.3) is 0 Å². The van der Waals surface area contributed by atoms with Crippen molar-refractivity contribution in [2.24, 2.45) is 11.8 Å². The van der Waals surface area contributed by atoms with Crippen LogP contribution in [0, 0.1) is 11.8 Å². The van der Waals surface area contributed by atoms with Gasteiger partial charge in [0.1, 0.15) is 0 Å². The maximum Gasteiger partial charge on any atom is 0.228 e. The summed E-state index contributed by atoms with van der Waals surface area (Å²) in [7, 11) is 0. The Balaban J connectivity index is 1.76. The van der Waals surface area contributed by atoms with Gasteiger partial charge in [-0.1, -0.05) is 45.9 Å². The van der Waals surface area contributed by atoms with E-state index in [2.05, 4.69) is 33.8 Å². The summed E-state index contributed by atoms with van der Waals surface area (Å²) in [5, 5.41) is 0. The van der Waals surface area contributed by atoms with Crippen LogP contribution in [0.3, 0.4) is 0 Å². The summed E-state index contributed by atoms with van der Waals surface area (Å²) in [4.78, 5) is 29.3. The lowest BCUT2D eigenvalue weighted by Gasteiger charge is -2.32. The first kappa shape index (κ1) is 18.0. The second kappa shape index (κ2) is 6.81. The van der Waals surface area contributed by atoms with Crippen molar-refractivity contribution < 1.29 is 9.59 Å². The van der Waals surface area contributed by atoms with Crippen LogP contribution >= 0.6 is 0 Å². The number of benzene rings is 1. The van der Waals surface area contributed by atoms with E-state index in [9.17, 15) is 9.59 Å². The number of rotatable bonds is 2. The predicted molar refractivity (Wildman–Crippen MR) is 101 cm³/mol. The van der Waals surface area contributed by atoms with Gasteiger partial charge >= 0.3 is 0 Å². The molecule has 2 amide bonds. The topological polar surface area (TPSA) is 40.6 Å². The molecule has 0 saturated carbocycles. The Kier molecular flexibility index (Phi) is 4.90. The lowest BCUT2D eigenvalue weighted by molar-refractivity contribution is -0.137. The molecule has 0 radical (unpaired) electrons. The van der Waals surface area contributed by atoms with E-state index in [1.807, 2.05) is 28.0 Å². The number of nitrogens with zero attached hydrogens (tertiary/aromatic N) is 2. The Hall–Kier alpha value is -1.84. The molecule has 2 fully saturated rings. The van der Waals surface area contributed by atoms with Crippen molar-refractivity contribution >= 4 is 17.5 Å². The van der Waals surface area contributed by atoms with Crippen LogP contribution in [0.15, 0.2) is 24.3 Å². The SMILES string of the molecule is CC1CCN(C(=O)C2CC(=O)N(c3ccccc3C(C)(C)C)C2)CC1. The number of hydrogen-bond acceptors (Lipinski definition) is 2. The van der Waals surface area contributed by atoms with Crippen LogP contribution in [0.4, 0.5) is 5.69 Å². The number of anilines is 1. The highest BCUT2D eigenvalue weighted by molar-refractivity contribution is 6.01. The summed E-state index contributed by atoms with van der Waals surface area (Å²) in [5.41, 5.74) is 2.08. The molecule has 0 N–H and O–H groups in total. The third-order valence-electron chi connectivity index (χ3n) is 5.57. The molecule has 1 aromatic carbocycles. The molecule has 0 spiro atoms. The van der Waals surface area contributed by atoms with Crippen LogP contribution in [0.5, 0.6) is 0 Å². The third-order valence-corrected chi connectivity index (χ3v) is 5.57. The normalized spacial score (nSPS) is 22.6. The van der Waals surface area contributed by atoms with Gasteiger partial charge in [-0.3, -0.25) is 9.59 Å². The fourth-order valence-corrected chi connectivity index (χ4v) is 3.94. The number of likely N-dealkylation sites (tertiary alicyclic amines) is 1. The smallest absolute Gasteiger partial charge is 0.228 e. The number of hydrogen-bond donors (Lipinski definition) is 0. The van der Waals surface area contributed by atoms with Gasteiger partial charge in [-0.25, -0.2) is 0 Å². The number of piperidine rings is 1. The van der Waals surface area contributed by atoms with E-state index in [0.717, 1.165) is 37.2 Å². The van der Waals surface area contributed by atoms with Gasteiger partial charge in [-0.05, 0) is 35.8 Å². The summed E-state index contributed by atoms with van der Waals surface area (Å²) >= 11 is 0. The molecular weight excluding hydrogens is 312 g/mol. The second-order valence-electron chi connectivity index (χ2n) is 8.68. The molecule has 1 aromatic rings. The van der Waals surface area contributed by atoms with Gasteiger partial charge in [0.05, 0.1) is 5.92 Å². The van der Waals surface area contributed by atoms with Crippen LogP contribution in [0.1, 0.15) is 52.5 Å². The Labute approximate surface area is 151 Å². The molecule has 2 heterocycles. The van der Waals surface area contributed by atoms with Gasteiger partial charge in [0.2, 0.25) is 11.8 Å². The largest absolute Gasteiger partial charge is 0.342 e. The zero-order chi connectivity index (χ0) is 18.2. The van der Waals surface area contributed by atoms with Crippen molar-refractivity contribution in [1.82, 2.24) is 4.90 Å². The summed E-state index contributed by atoms with van der Waals surface area (Å²) < 4.78 is 0. The standard InChI is InChI=1S/C21H30N2O2/c1-15-9-11-22(12-10-15)20(25)16-13-19(24)23(14-16)18-8-6-5-7-17(18)21(2,3)4/h5-8,15-16H,9-14H2,1-4H3. The lowest BCUT2D eigenvalue weighted by atomic mass is 9.85. The van der Waals surface area contributed by atoms with Crippen molar-refractivity contribution in [1.29, 1.82) is 0 Å². The molecule has 2 aliphatic rings. The summed E-state index contributed by atoms with van der Waals surface area (Å²) in [6.07, 6.45) is 2.48. The highest BCUT2D eigenvalue weighted by atomic mass is 16.2. The van der Waals surface area contributed by atoms with Crippen LogP contribution in [-0.2, 0) is 15.0 Å². The van der Waals surface area contributed by atoms with E-state index in [-0.39, 0.29) is 23.1 Å². The van der Waals surface area contributed by atoms with Crippen molar-refractivity contribution in [2.75, 3.05) is 24.5 Å². The average Bonchev–Trinajstić information content (AvgIpc) is 2.96. The van der Waals surface area contributed by atoms with Crippen molar-refractivity contribution in [2.45, 2.75) is 52.4 Å². The maximum atomic E-state index is 12.9. The van der Waals surface area contributed by atoms with E-state index in [0.29, 0.717) is 18.9 Å². The van der Waals surface area contributed by atoms with Gasteiger partial charge in [0.25, 0.3) is 0 Å². The molecule has 2 saturated heterocycles. The highest BCUT2D eigenvalue weighted by Gasteiger charge is 2.39. The van der Waals surface area contributed by atoms with E-state index in [1.54, 1.807) is 0 Å². The summed E-state index contributed by atoms with van der Waals surface area (Å²) in [5.74, 6) is 0.731. The first-order chi connectivity index (χ1) is 11.8. The maximum absolute atomic E-state index is 12.9. The molecule has 1 atom stereocenters. The van der Waals surface area contributed by atoms with Crippen LogP contribution in [-0.4, -0.2) is 36.3 Å². The lowest BCUT2D eigenvalue weighted by Crippen LogP contribution is -2.42. The number of amides is 2. The van der Waals surface area contributed by atoms with Gasteiger partial charge in [0, 0.05) is 31.7 Å². The number of carbonyl (C=O) groups excluding carboxylic acids is 2. The molecule has 0 aliphatic carbocycles. The molecule has 4 heteroatoms. The quantitative estimate of drug-likeness (QED) is 0.824. The van der Waals surface area contributed by atoms with Crippen LogP contribution in [0.2, 0.25) is 0 Å². The fraction of sp³-hybridized carbons (Fsp3) is 0.619. The molecule has 0 aromatic heterocycles. The Morgan fingerprint density at radius 2 is 1.76 bits per heavy atom. The Morgan fingerprint density at radius 3 is 2.40 bits per heavy atom. The number of carbonyl (C=O) groups is 2. The zero-order valence-electron chi connectivity index (χ0n) is 15.9. The molecule has 25 heavy (non-hydrogen) atoms. The highest BCUT2D eigenvalue weighted by Crippen LogP contribution is 2.35. The minimum absolute atomic E-state index is 0.0397. The summed E-state index contributed by atoms with van der Waals surface area (Å²) in [6, 6.07) is 8.08. The third kappa shape index (κ3) is 3.73. The first-order valence-corrected chi connectivity index (χ1v) is 9.46. The molecule has 136 valence electrons. The minimum atomic E-state index is -0.200. The van der Waals surface area contributed by atoms with Gasteiger partial charge in [-0.2, -0.15) is 0 Å². The van der Waals surface area contributed by atoms with E-state index < -0.39 is 0 Å². The Morgan fingerprint density at radius 1 is 1.12 bits per heavy atom. The van der Waals surface area contributed by atoms with Gasteiger partial charge < -0.3 is 9.80 Å². The Bertz CT molecular complexity index is 654. The van der Waals surface area contributed by atoms with Crippen molar-refractivity contribution in [3.05, 3.63) is 29.8 Å². The monoisotopic (exact) mass is 342 g/mol. The van der Waals surface area contributed by atoms with Gasteiger partial charge in [0.15, 0.2) is 0 Å². The number of para-hydroxylation sites is 1. The molecule has 1 unspecified atom stereocenters. The average molecular weight is 342 g/mol. The predicted octanol–water partition coefficient (Wildman–Crippen LogP) is 3.60. The molecule has 3 rings (SSSR count).